The second-order valence-electron chi connectivity index (χ2n) is 0.519. The van der Waals surface area contributed by atoms with E-state index in [4.69, 9.17) is 14.1 Å². The highest BCUT2D eigenvalue weighted by Crippen LogP contribution is 1.42. The summed E-state index contributed by atoms with van der Waals surface area (Å²) in [4.78, 5) is 9.00. The Hall–Kier alpha value is -0.650. The fourth-order valence-corrected chi connectivity index (χ4v) is 0. The minimum Gasteiger partial charge on any atom is -0.481 e. The SMILES string of the molecule is CC(=O)O.N[15NH2].[2H][15N]([2H])[2H]. The van der Waals surface area contributed by atoms with Crippen LogP contribution < -0.4 is 17.8 Å². The summed E-state index contributed by atoms with van der Waals surface area (Å²) in [5.74, 6) is 7.17. The molecule has 7 heavy (non-hydrogen) atoms. The molecule has 0 heterocycles. The van der Waals surface area contributed by atoms with Gasteiger partial charge in [-0.1, -0.05) is 0 Å². The van der Waals surface area contributed by atoms with Crippen LogP contribution in [0, 0.1) is 0 Å². The standard InChI is InChI=1S/C2H4O2.H4N2.H3N/c1-2(3)4;1-2;/h1H3,(H,3,4);1-2H2;1H3/i;2*1+1/hD3. The molecule has 0 saturated carbocycles. The molecule has 0 atom stereocenters. The number of aliphatic carboxylic acids is 1. The van der Waals surface area contributed by atoms with E-state index in [9.17, 15) is 0 Å². The Morgan fingerprint density at radius 3 is 2.00 bits per heavy atom. The maximum absolute atomic E-state index is 9.00. The molecular weight excluding hydrogens is 100 g/mol. The van der Waals surface area contributed by atoms with Crippen molar-refractivity contribution in [2.24, 2.45) is 11.7 Å². The van der Waals surface area contributed by atoms with Crippen LogP contribution in [0.25, 0.3) is 0 Å². The highest BCUT2D eigenvalue weighted by molar-refractivity contribution is 5.62. The highest BCUT2D eigenvalue weighted by atomic mass is 16.4. The van der Waals surface area contributed by atoms with Crippen molar-refractivity contribution >= 4 is 5.97 Å². The molecule has 0 saturated heterocycles. The van der Waals surface area contributed by atoms with E-state index in [1.807, 2.05) is 0 Å². The second-order valence-corrected chi connectivity index (χ2v) is 0.519. The molecule has 0 bridgehead atoms. The van der Waals surface area contributed by atoms with Gasteiger partial charge in [0.2, 0.25) is 0 Å². The Labute approximate surface area is 46.2 Å². The summed E-state index contributed by atoms with van der Waals surface area (Å²) in [6.45, 7) is 1.08. The zero-order valence-corrected chi connectivity index (χ0v) is 3.96. The van der Waals surface area contributed by atoms with Crippen LogP contribution >= 0.6 is 0 Å². The number of hydrazine groups is 1. The summed E-state index contributed by atoms with van der Waals surface area (Å²) in [7, 11) is 0. The molecule has 0 aliphatic carbocycles. The first-order chi connectivity index (χ1) is 4.46. The molecule has 5 heteroatoms. The average molecular weight is 114 g/mol. The molecule has 0 radical (unpaired) electrons. The Morgan fingerprint density at radius 2 is 2.00 bits per heavy atom. The number of carboxylic acids is 1. The first-order valence-corrected chi connectivity index (χ1v) is 1.26. The Kier molecular flexibility index (Phi) is 11.8. The van der Waals surface area contributed by atoms with Gasteiger partial charge in [-0.15, -0.1) is 0 Å². The van der Waals surface area contributed by atoms with Gasteiger partial charge in [-0.25, -0.2) is 0 Å². The number of hydrogen-bond donors (Lipinski definition) is 4. The summed E-state index contributed by atoms with van der Waals surface area (Å²) < 4.78 is 17.2. The minimum absolute atomic E-state index is 0.250. The van der Waals surface area contributed by atoms with Crippen molar-refractivity contribution < 1.29 is 14.1 Å². The van der Waals surface area contributed by atoms with Gasteiger partial charge in [0, 0.05) is 6.92 Å². The molecule has 0 amide bonds. The van der Waals surface area contributed by atoms with Crippen LogP contribution in [0.3, 0.4) is 0 Å². The lowest BCUT2D eigenvalue weighted by atomic mass is 10.9. The monoisotopic (exact) mass is 114 g/mol. The zero-order valence-electron chi connectivity index (χ0n) is 6.96. The summed E-state index contributed by atoms with van der Waals surface area (Å²) in [5.41, 5.74) is 0. The predicted molar refractivity (Wildman–Crippen MR) is 26.7 cm³/mol. The van der Waals surface area contributed by atoms with Crippen molar-refractivity contribution in [2.75, 3.05) is 0 Å². The van der Waals surface area contributed by atoms with Crippen LogP contribution in [0.15, 0.2) is 0 Å². The van der Waals surface area contributed by atoms with Gasteiger partial charge in [0.15, 0.2) is 0 Å². The fraction of sp³-hybridized carbons (Fsp3) is 0.500. The molecule has 0 rings (SSSR count). The third-order valence-corrected chi connectivity index (χ3v) is 0. The zero-order chi connectivity index (χ0) is 9.15. The first kappa shape index (κ1) is 4.51. The van der Waals surface area contributed by atoms with E-state index in [2.05, 4.69) is 11.7 Å². The number of carboxylic acid groups (broad SMARTS) is 1. The molecular formula is C2H11N3O2. The predicted octanol–water partition coefficient (Wildman–Crippen LogP) is -0.928. The van der Waals surface area contributed by atoms with Gasteiger partial charge in [-0.2, -0.15) is 0 Å². The van der Waals surface area contributed by atoms with Crippen LogP contribution in [-0.4, -0.2) is 11.1 Å². The van der Waals surface area contributed by atoms with E-state index < -0.39 is 5.97 Å². The summed E-state index contributed by atoms with van der Waals surface area (Å²) in [6.07, 6.45) is -0.250. The van der Waals surface area contributed by atoms with Crippen molar-refractivity contribution in [1.82, 2.24) is 6.13 Å². The molecule has 0 aliphatic heterocycles. The number of hydrogen-bond acceptors (Lipinski definition) is 4. The molecule has 5 nitrogen and oxygen atoms in total. The Bertz CT molecular complexity index is 64.0. The normalized spacial score (nSPS) is 10.0. The largest absolute Gasteiger partial charge is 0.481 e. The first-order valence-electron chi connectivity index (χ1n) is 2.60. The van der Waals surface area contributed by atoms with Gasteiger partial charge < -0.3 is 11.2 Å². The molecule has 0 aromatic rings. The van der Waals surface area contributed by atoms with Gasteiger partial charge in [-0.05, 0) is 0 Å². The van der Waals surface area contributed by atoms with E-state index >= 15 is 0 Å². The second kappa shape index (κ2) is 18.3. The van der Waals surface area contributed by atoms with Crippen LogP contribution in [0.2, 0.25) is 4.24 Å². The van der Waals surface area contributed by atoms with Crippen LogP contribution in [0.4, 0.5) is 0 Å². The van der Waals surface area contributed by atoms with E-state index in [0.29, 0.717) is 0 Å². The molecule has 0 fully saturated rings. The summed E-state index contributed by atoms with van der Waals surface area (Å²) in [5, 5.41) is 7.42. The van der Waals surface area contributed by atoms with Crippen molar-refractivity contribution in [3.63, 3.8) is 0 Å². The third kappa shape index (κ3) is 142. The van der Waals surface area contributed by atoms with Crippen molar-refractivity contribution in [3.05, 3.63) is 0 Å². The number of carbonyl (C=O) groups is 1. The van der Waals surface area contributed by atoms with Crippen molar-refractivity contribution in [2.45, 2.75) is 6.92 Å². The smallest absolute Gasteiger partial charge is 0.300 e. The van der Waals surface area contributed by atoms with E-state index in [1.54, 1.807) is 0 Å². The maximum atomic E-state index is 9.00. The Balaban J connectivity index is -0.0000000787. The quantitative estimate of drug-likeness (QED) is 0.184. The summed E-state index contributed by atoms with van der Waals surface area (Å²) >= 11 is 0. The summed E-state index contributed by atoms with van der Waals surface area (Å²) in [6, 6.07) is 0. The molecule has 0 aliphatic rings. The highest BCUT2D eigenvalue weighted by Gasteiger charge is 1.65. The Morgan fingerprint density at radius 1 is 2.00 bits per heavy atom. The van der Waals surface area contributed by atoms with Crippen LogP contribution in [0.5, 0.6) is 0 Å². The van der Waals surface area contributed by atoms with Crippen LogP contribution in [-0.2, 0) is 4.79 Å². The number of rotatable bonds is 0. The van der Waals surface area contributed by atoms with Gasteiger partial charge in [-0.3, -0.25) is 16.5 Å². The lowest BCUT2D eigenvalue weighted by Gasteiger charge is -1.59. The fourth-order valence-electron chi connectivity index (χ4n) is 0. The van der Waals surface area contributed by atoms with Gasteiger partial charge >= 0.3 is 0 Å². The van der Waals surface area contributed by atoms with Gasteiger partial charge in [0.1, 0.15) is 4.24 Å². The molecule has 8 N–H and O–H groups in total. The molecule has 0 aromatic heterocycles. The van der Waals surface area contributed by atoms with Crippen LogP contribution in [0.1, 0.15) is 6.92 Å². The topological polar surface area (TPSA) is 124 Å². The third-order valence-electron chi connectivity index (χ3n) is 0. The lowest BCUT2D eigenvalue weighted by molar-refractivity contribution is -0.134. The molecule has 0 spiro atoms. The van der Waals surface area contributed by atoms with Gasteiger partial charge in [0.25, 0.3) is 5.97 Å². The molecule has 46 valence electrons. The average Bonchev–Trinajstić information content (AvgIpc) is 1.66. The van der Waals surface area contributed by atoms with Crippen molar-refractivity contribution in [3.8, 4) is 0 Å². The number of nitrogens with two attached hydrogens (primary N) is 2. The molecule has 0 unspecified atom stereocenters. The maximum Gasteiger partial charge on any atom is 0.300 e. The van der Waals surface area contributed by atoms with E-state index in [0.717, 1.165) is 6.92 Å². The van der Waals surface area contributed by atoms with E-state index in [-0.39, 0.29) is 6.13 Å². The van der Waals surface area contributed by atoms with E-state index in [1.165, 1.54) is 0 Å². The lowest BCUT2D eigenvalue weighted by Crippen LogP contribution is -2.02. The molecule has 0 aromatic carbocycles. The minimum atomic E-state index is -0.833. The van der Waals surface area contributed by atoms with Gasteiger partial charge in [0.05, 0.1) is 0 Å². The van der Waals surface area contributed by atoms with Crippen molar-refractivity contribution in [1.29, 1.82) is 0 Å².